The van der Waals surface area contributed by atoms with E-state index in [9.17, 15) is 0 Å². The number of hydrogen-bond acceptors (Lipinski definition) is 4. The lowest BCUT2D eigenvalue weighted by atomic mass is 10.2. The zero-order valence-corrected chi connectivity index (χ0v) is 13.9. The summed E-state index contributed by atoms with van der Waals surface area (Å²) in [5.74, 6) is 0.961. The highest BCUT2D eigenvalue weighted by molar-refractivity contribution is 7.11. The number of ether oxygens (including phenoxy) is 1. The molecule has 0 saturated heterocycles. The molecule has 0 fully saturated rings. The van der Waals surface area contributed by atoms with E-state index in [1.54, 1.807) is 7.11 Å². The van der Waals surface area contributed by atoms with Crippen LogP contribution in [0.2, 0.25) is 0 Å². The van der Waals surface area contributed by atoms with E-state index in [1.807, 2.05) is 23.5 Å². The summed E-state index contributed by atoms with van der Waals surface area (Å²) in [6, 6.07) is 12.7. The van der Waals surface area contributed by atoms with E-state index < -0.39 is 0 Å². The highest BCUT2D eigenvalue weighted by Gasteiger charge is 2.08. The van der Waals surface area contributed by atoms with Crippen LogP contribution in [0.1, 0.15) is 22.2 Å². The van der Waals surface area contributed by atoms with Gasteiger partial charge in [-0.2, -0.15) is 0 Å². The van der Waals surface area contributed by atoms with Gasteiger partial charge in [-0.05, 0) is 31.8 Å². The average Bonchev–Trinajstić information content (AvgIpc) is 2.93. The summed E-state index contributed by atoms with van der Waals surface area (Å²) in [4.78, 5) is 5.12. The van der Waals surface area contributed by atoms with Gasteiger partial charge in [0.05, 0.1) is 7.11 Å². The summed E-state index contributed by atoms with van der Waals surface area (Å²) in [5, 5.41) is 3.37. The van der Waals surface area contributed by atoms with E-state index in [0.29, 0.717) is 0 Å². The lowest BCUT2D eigenvalue weighted by Crippen LogP contribution is -2.17. The first-order valence-corrected chi connectivity index (χ1v) is 8.13. The average molecular weight is 304 g/mol. The number of nitrogens with zero attached hydrogens (tertiary/aromatic N) is 1. The van der Waals surface area contributed by atoms with Gasteiger partial charge in [0.2, 0.25) is 0 Å². The van der Waals surface area contributed by atoms with Crippen LogP contribution in [0.4, 0.5) is 0 Å². The minimum absolute atomic E-state index is 0.893. The second-order valence-electron chi connectivity index (χ2n) is 5.13. The fourth-order valence-electron chi connectivity index (χ4n) is 2.30. The molecule has 0 saturated carbocycles. The van der Waals surface area contributed by atoms with Crippen molar-refractivity contribution in [3.8, 4) is 5.75 Å². The number of hydrogen-bond donors (Lipinski definition) is 1. The lowest BCUT2D eigenvalue weighted by Gasteiger charge is -2.17. The number of rotatable bonds is 8. The molecule has 0 atom stereocenters. The van der Waals surface area contributed by atoms with E-state index in [4.69, 9.17) is 4.74 Å². The van der Waals surface area contributed by atoms with Crippen LogP contribution in [-0.2, 0) is 19.6 Å². The summed E-state index contributed by atoms with van der Waals surface area (Å²) in [7, 11) is 3.88. The molecule has 0 aliphatic carbocycles. The summed E-state index contributed by atoms with van der Waals surface area (Å²) in [6.07, 6.45) is 0. The van der Waals surface area contributed by atoms with Crippen LogP contribution in [-0.4, -0.2) is 25.6 Å². The van der Waals surface area contributed by atoms with Gasteiger partial charge in [0.1, 0.15) is 5.75 Å². The second kappa shape index (κ2) is 8.17. The third-order valence-corrected chi connectivity index (χ3v) is 4.40. The summed E-state index contributed by atoms with van der Waals surface area (Å²) in [5.41, 5.74) is 1.23. The fourth-order valence-corrected chi connectivity index (χ4v) is 3.36. The van der Waals surface area contributed by atoms with E-state index in [2.05, 4.69) is 48.5 Å². The summed E-state index contributed by atoms with van der Waals surface area (Å²) < 4.78 is 5.41. The third-order valence-electron chi connectivity index (χ3n) is 3.33. The Kier molecular flexibility index (Phi) is 6.23. The van der Waals surface area contributed by atoms with Crippen LogP contribution in [0, 0.1) is 0 Å². The molecule has 0 aliphatic heterocycles. The van der Waals surface area contributed by atoms with Crippen molar-refractivity contribution in [2.24, 2.45) is 0 Å². The molecule has 2 rings (SSSR count). The quantitative estimate of drug-likeness (QED) is 0.808. The largest absolute Gasteiger partial charge is 0.496 e. The SMILES string of the molecule is CCNCc1ccc(CN(C)Cc2ccccc2OC)s1. The van der Waals surface area contributed by atoms with Crippen molar-refractivity contribution in [1.82, 2.24) is 10.2 Å². The number of nitrogens with one attached hydrogen (secondary N) is 1. The fraction of sp³-hybridized carbons (Fsp3) is 0.412. The van der Waals surface area contributed by atoms with Crippen molar-refractivity contribution in [2.45, 2.75) is 26.6 Å². The Balaban J connectivity index is 1.92. The molecule has 0 bridgehead atoms. The molecule has 114 valence electrons. The van der Waals surface area contributed by atoms with Gasteiger partial charge in [0, 0.05) is 35.0 Å². The second-order valence-corrected chi connectivity index (χ2v) is 6.39. The first-order valence-electron chi connectivity index (χ1n) is 7.31. The molecular weight excluding hydrogens is 280 g/mol. The van der Waals surface area contributed by atoms with Gasteiger partial charge in [-0.1, -0.05) is 25.1 Å². The number of para-hydroxylation sites is 1. The number of benzene rings is 1. The van der Waals surface area contributed by atoms with Gasteiger partial charge >= 0.3 is 0 Å². The normalized spacial score (nSPS) is 11.0. The minimum atomic E-state index is 0.893. The molecule has 0 unspecified atom stereocenters. The topological polar surface area (TPSA) is 24.5 Å². The molecule has 0 amide bonds. The Morgan fingerprint density at radius 3 is 2.62 bits per heavy atom. The molecule has 2 aromatic rings. The van der Waals surface area contributed by atoms with Crippen molar-refractivity contribution in [3.05, 3.63) is 51.7 Å². The minimum Gasteiger partial charge on any atom is -0.496 e. The zero-order valence-electron chi connectivity index (χ0n) is 13.1. The van der Waals surface area contributed by atoms with Gasteiger partial charge in [-0.25, -0.2) is 0 Å². The molecule has 1 N–H and O–H groups in total. The van der Waals surface area contributed by atoms with Gasteiger partial charge in [-0.15, -0.1) is 11.3 Å². The first kappa shape index (κ1) is 16.0. The van der Waals surface area contributed by atoms with Gasteiger partial charge in [-0.3, -0.25) is 4.90 Å². The molecular formula is C17H24N2OS. The highest BCUT2D eigenvalue weighted by atomic mass is 32.1. The number of thiophene rings is 1. The maximum atomic E-state index is 5.41. The molecule has 0 spiro atoms. The van der Waals surface area contributed by atoms with Gasteiger partial charge < -0.3 is 10.1 Å². The molecule has 1 heterocycles. The molecule has 1 aromatic carbocycles. The molecule has 0 aliphatic rings. The predicted octanol–water partition coefficient (Wildman–Crippen LogP) is 3.50. The first-order chi connectivity index (χ1) is 10.2. The standard InChI is InChI=1S/C17H24N2OS/c1-4-18-11-15-9-10-16(21-15)13-19(2)12-14-7-5-6-8-17(14)20-3/h5-10,18H,4,11-13H2,1-3H3. The Bertz CT molecular complexity index is 553. The summed E-state index contributed by atoms with van der Waals surface area (Å²) in [6.45, 7) is 5.98. The van der Waals surface area contributed by atoms with E-state index in [1.165, 1.54) is 15.3 Å². The lowest BCUT2D eigenvalue weighted by molar-refractivity contribution is 0.312. The Morgan fingerprint density at radius 1 is 1.10 bits per heavy atom. The van der Waals surface area contributed by atoms with Gasteiger partial charge in [0.25, 0.3) is 0 Å². The molecule has 4 heteroatoms. The predicted molar refractivity (Wildman–Crippen MR) is 89.9 cm³/mol. The Morgan fingerprint density at radius 2 is 1.86 bits per heavy atom. The molecule has 1 aromatic heterocycles. The van der Waals surface area contributed by atoms with Crippen molar-refractivity contribution in [3.63, 3.8) is 0 Å². The highest BCUT2D eigenvalue weighted by Crippen LogP contribution is 2.22. The Hall–Kier alpha value is -1.36. The van der Waals surface area contributed by atoms with E-state index in [-0.39, 0.29) is 0 Å². The van der Waals surface area contributed by atoms with Crippen molar-refractivity contribution < 1.29 is 4.74 Å². The molecule has 0 radical (unpaired) electrons. The van der Waals surface area contributed by atoms with Crippen molar-refractivity contribution >= 4 is 11.3 Å². The van der Waals surface area contributed by atoms with E-state index in [0.717, 1.165) is 31.9 Å². The third kappa shape index (κ3) is 4.84. The van der Waals surface area contributed by atoms with Crippen LogP contribution in [0.25, 0.3) is 0 Å². The Labute approximate surface area is 131 Å². The van der Waals surface area contributed by atoms with Crippen LogP contribution in [0.5, 0.6) is 5.75 Å². The molecule has 3 nitrogen and oxygen atoms in total. The zero-order chi connectivity index (χ0) is 15.1. The smallest absolute Gasteiger partial charge is 0.123 e. The van der Waals surface area contributed by atoms with Crippen LogP contribution < -0.4 is 10.1 Å². The van der Waals surface area contributed by atoms with Crippen molar-refractivity contribution in [2.75, 3.05) is 20.7 Å². The monoisotopic (exact) mass is 304 g/mol. The van der Waals surface area contributed by atoms with E-state index >= 15 is 0 Å². The van der Waals surface area contributed by atoms with Crippen LogP contribution in [0.15, 0.2) is 36.4 Å². The van der Waals surface area contributed by atoms with Crippen LogP contribution >= 0.6 is 11.3 Å². The van der Waals surface area contributed by atoms with Crippen molar-refractivity contribution in [1.29, 1.82) is 0 Å². The molecule has 21 heavy (non-hydrogen) atoms. The van der Waals surface area contributed by atoms with Crippen LogP contribution in [0.3, 0.4) is 0 Å². The van der Waals surface area contributed by atoms with Gasteiger partial charge in [0.15, 0.2) is 0 Å². The maximum Gasteiger partial charge on any atom is 0.123 e. The summed E-state index contributed by atoms with van der Waals surface area (Å²) >= 11 is 1.89. The maximum absolute atomic E-state index is 5.41. The number of methoxy groups -OCH3 is 1.